The highest BCUT2D eigenvalue weighted by molar-refractivity contribution is 8.00. The molecule has 26 heavy (non-hydrogen) atoms. The number of thioether (sulfide) groups is 1. The van der Waals surface area contributed by atoms with E-state index in [0.717, 1.165) is 0 Å². The molecule has 0 aliphatic rings. The number of carbonyl (C=O) groups is 2. The van der Waals surface area contributed by atoms with Crippen molar-refractivity contribution in [3.8, 4) is 0 Å². The van der Waals surface area contributed by atoms with Crippen LogP contribution in [0.15, 0.2) is 45.7 Å². The third-order valence-electron chi connectivity index (χ3n) is 3.73. The Morgan fingerprint density at radius 1 is 1.27 bits per heavy atom. The van der Waals surface area contributed by atoms with Crippen LogP contribution in [0.1, 0.15) is 17.3 Å². The number of carbonyl (C=O) groups excluding carboxylic acids is 2. The molecule has 0 spiro atoms. The molecule has 2 heterocycles. The number of anilines is 1. The number of benzene rings is 1. The normalized spacial score (nSPS) is 12.1. The van der Waals surface area contributed by atoms with Crippen molar-refractivity contribution in [3.63, 3.8) is 0 Å². The molecule has 134 valence electrons. The molecule has 3 rings (SSSR count). The molecule has 0 fully saturated rings. The highest BCUT2D eigenvalue weighted by Gasteiger charge is 2.19. The standard InChI is InChI=1S/C17H16N4O3S2/c1-9(15(23)19-11-5-3-10(4-6-11)14(18)22)26-17-20-12-7-8-25-13(12)16(24)21(17)2/h3-9H,1-2H3,(H2,18,22)(H,19,23). The summed E-state index contributed by atoms with van der Waals surface area (Å²) in [7, 11) is 1.64. The van der Waals surface area contributed by atoms with Gasteiger partial charge >= 0.3 is 0 Å². The summed E-state index contributed by atoms with van der Waals surface area (Å²) in [5.74, 6) is -0.760. The first-order chi connectivity index (χ1) is 12.4. The molecule has 1 unspecified atom stereocenters. The van der Waals surface area contributed by atoms with Crippen LogP contribution in [0.25, 0.3) is 10.2 Å². The Balaban J connectivity index is 1.74. The molecule has 3 N–H and O–H groups in total. The first-order valence-electron chi connectivity index (χ1n) is 7.68. The highest BCUT2D eigenvalue weighted by atomic mass is 32.2. The topological polar surface area (TPSA) is 107 Å². The third-order valence-corrected chi connectivity index (χ3v) is 5.77. The second-order valence-electron chi connectivity index (χ2n) is 5.58. The van der Waals surface area contributed by atoms with Crippen LogP contribution < -0.4 is 16.6 Å². The van der Waals surface area contributed by atoms with Crippen molar-refractivity contribution in [2.45, 2.75) is 17.3 Å². The molecule has 1 aromatic carbocycles. The van der Waals surface area contributed by atoms with E-state index in [4.69, 9.17) is 5.73 Å². The number of amides is 2. The van der Waals surface area contributed by atoms with E-state index in [2.05, 4.69) is 10.3 Å². The number of nitrogens with zero attached hydrogens (tertiary/aromatic N) is 2. The Hall–Kier alpha value is -2.65. The lowest BCUT2D eigenvalue weighted by Gasteiger charge is -2.13. The Bertz CT molecular complexity index is 1040. The monoisotopic (exact) mass is 388 g/mol. The van der Waals surface area contributed by atoms with Gasteiger partial charge in [-0.15, -0.1) is 11.3 Å². The molecule has 1 atom stereocenters. The van der Waals surface area contributed by atoms with Gasteiger partial charge in [0, 0.05) is 18.3 Å². The molecule has 7 nitrogen and oxygen atoms in total. The Morgan fingerprint density at radius 3 is 2.62 bits per heavy atom. The molecule has 0 saturated heterocycles. The number of fused-ring (bicyclic) bond motifs is 1. The summed E-state index contributed by atoms with van der Waals surface area (Å²) >= 11 is 2.56. The van der Waals surface area contributed by atoms with Crippen LogP contribution in [0.4, 0.5) is 5.69 Å². The van der Waals surface area contributed by atoms with E-state index in [1.807, 2.05) is 5.38 Å². The average molecular weight is 388 g/mol. The molecule has 0 aliphatic heterocycles. The predicted octanol–water partition coefficient (Wildman–Crippen LogP) is 2.21. The Kier molecular flexibility index (Phi) is 5.10. The van der Waals surface area contributed by atoms with E-state index in [-0.39, 0.29) is 11.5 Å². The number of nitrogens with one attached hydrogen (secondary N) is 1. The number of aromatic nitrogens is 2. The lowest BCUT2D eigenvalue weighted by atomic mass is 10.2. The fourth-order valence-corrected chi connectivity index (χ4v) is 3.93. The van der Waals surface area contributed by atoms with Crippen molar-refractivity contribution >= 4 is 50.8 Å². The molecule has 3 aromatic rings. The van der Waals surface area contributed by atoms with Gasteiger partial charge in [-0.3, -0.25) is 19.0 Å². The molecule has 2 aromatic heterocycles. The van der Waals surface area contributed by atoms with Crippen LogP contribution >= 0.6 is 23.1 Å². The molecular weight excluding hydrogens is 372 g/mol. The van der Waals surface area contributed by atoms with Crippen LogP contribution in [0.3, 0.4) is 0 Å². The number of hydrogen-bond donors (Lipinski definition) is 2. The predicted molar refractivity (Wildman–Crippen MR) is 104 cm³/mol. The van der Waals surface area contributed by atoms with Gasteiger partial charge in [-0.2, -0.15) is 0 Å². The van der Waals surface area contributed by atoms with Gasteiger partial charge in [-0.05, 0) is 42.6 Å². The van der Waals surface area contributed by atoms with Crippen LogP contribution in [0.2, 0.25) is 0 Å². The van der Waals surface area contributed by atoms with Crippen molar-refractivity contribution in [2.75, 3.05) is 5.32 Å². The van der Waals surface area contributed by atoms with E-state index in [9.17, 15) is 14.4 Å². The van der Waals surface area contributed by atoms with Crippen LogP contribution in [-0.4, -0.2) is 26.6 Å². The maximum Gasteiger partial charge on any atom is 0.271 e. The summed E-state index contributed by atoms with van der Waals surface area (Å²) in [5, 5.41) is 4.60. The summed E-state index contributed by atoms with van der Waals surface area (Å²) in [6.07, 6.45) is 0. The summed E-state index contributed by atoms with van der Waals surface area (Å²) in [6.45, 7) is 1.74. The molecule has 0 radical (unpaired) electrons. The largest absolute Gasteiger partial charge is 0.366 e. The lowest BCUT2D eigenvalue weighted by molar-refractivity contribution is -0.115. The Morgan fingerprint density at radius 2 is 1.96 bits per heavy atom. The minimum Gasteiger partial charge on any atom is -0.366 e. The van der Waals surface area contributed by atoms with Crippen molar-refractivity contribution in [3.05, 3.63) is 51.6 Å². The van der Waals surface area contributed by atoms with Gasteiger partial charge in [0.2, 0.25) is 11.8 Å². The van der Waals surface area contributed by atoms with E-state index in [0.29, 0.717) is 26.6 Å². The van der Waals surface area contributed by atoms with E-state index >= 15 is 0 Å². The lowest BCUT2D eigenvalue weighted by Crippen LogP contribution is -2.25. The SMILES string of the molecule is CC(Sc1nc2ccsc2c(=O)n1C)C(=O)Nc1ccc(C(N)=O)cc1. The highest BCUT2D eigenvalue weighted by Crippen LogP contribution is 2.24. The van der Waals surface area contributed by atoms with E-state index in [1.165, 1.54) is 27.7 Å². The average Bonchev–Trinajstić information content (AvgIpc) is 3.08. The van der Waals surface area contributed by atoms with Crippen molar-refractivity contribution in [2.24, 2.45) is 12.8 Å². The van der Waals surface area contributed by atoms with E-state index in [1.54, 1.807) is 44.3 Å². The minimum absolute atomic E-state index is 0.123. The quantitative estimate of drug-likeness (QED) is 0.515. The molecular formula is C17H16N4O3S2. The zero-order valence-corrected chi connectivity index (χ0v) is 15.7. The fourth-order valence-electron chi connectivity index (χ4n) is 2.25. The van der Waals surface area contributed by atoms with Gasteiger partial charge in [0.05, 0.1) is 10.8 Å². The van der Waals surface area contributed by atoms with Crippen molar-refractivity contribution in [1.82, 2.24) is 9.55 Å². The second-order valence-corrected chi connectivity index (χ2v) is 7.81. The molecule has 0 aliphatic carbocycles. The van der Waals surface area contributed by atoms with Crippen LogP contribution in [-0.2, 0) is 11.8 Å². The minimum atomic E-state index is -0.525. The van der Waals surface area contributed by atoms with Crippen molar-refractivity contribution < 1.29 is 9.59 Å². The van der Waals surface area contributed by atoms with Gasteiger partial charge in [-0.25, -0.2) is 4.98 Å². The summed E-state index contributed by atoms with van der Waals surface area (Å²) < 4.78 is 2.05. The van der Waals surface area contributed by atoms with Gasteiger partial charge in [0.15, 0.2) is 5.16 Å². The van der Waals surface area contributed by atoms with Gasteiger partial charge in [0.25, 0.3) is 5.56 Å². The third kappa shape index (κ3) is 3.63. The maximum absolute atomic E-state index is 12.4. The number of nitrogens with two attached hydrogens (primary N) is 1. The van der Waals surface area contributed by atoms with E-state index < -0.39 is 11.2 Å². The van der Waals surface area contributed by atoms with Gasteiger partial charge in [0.1, 0.15) is 4.70 Å². The van der Waals surface area contributed by atoms with Crippen LogP contribution in [0.5, 0.6) is 0 Å². The number of thiophene rings is 1. The smallest absolute Gasteiger partial charge is 0.271 e. The number of primary amides is 1. The molecule has 2 amide bonds. The first-order valence-corrected chi connectivity index (χ1v) is 9.44. The molecule has 9 heteroatoms. The van der Waals surface area contributed by atoms with Crippen molar-refractivity contribution in [1.29, 1.82) is 0 Å². The second kappa shape index (κ2) is 7.30. The number of rotatable bonds is 5. The van der Waals surface area contributed by atoms with Gasteiger partial charge in [-0.1, -0.05) is 11.8 Å². The summed E-state index contributed by atoms with van der Waals surface area (Å²) in [6, 6.07) is 8.11. The van der Waals surface area contributed by atoms with Gasteiger partial charge < -0.3 is 11.1 Å². The Labute approximate surface area is 157 Å². The maximum atomic E-state index is 12.4. The summed E-state index contributed by atoms with van der Waals surface area (Å²) in [4.78, 5) is 40.3. The fraction of sp³-hybridized carbons (Fsp3) is 0.176. The first kappa shape index (κ1) is 18.2. The molecule has 0 bridgehead atoms. The zero-order chi connectivity index (χ0) is 18.8. The zero-order valence-electron chi connectivity index (χ0n) is 14.1. The van der Waals surface area contributed by atoms with Crippen LogP contribution in [0, 0.1) is 0 Å². The number of hydrogen-bond acceptors (Lipinski definition) is 6. The summed E-state index contributed by atoms with van der Waals surface area (Å²) in [5.41, 5.74) is 6.63. The molecule has 0 saturated carbocycles.